The molecule has 0 aliphatic carbocycles. The van der Waals surface area contributed by atoms with Crippen LogP contribution in [0.5, 0.6) is 0 Å². The van der Waals surface area contributed by atoms with E-state index in [4.69, 9.17) is 4.43 Å². The minimum Gasteiger partial charge on any atom is -0.543 e. The Balaban J connectivity index is 1.97. The van der Waals surface area contributed by atoms with Crippen LogP contribution in [0.2, 0.25) is 26.2 Å². The molecular weight excluding hydrogens is 384 g/mol. The van der Waals surface area contributed by atoms with E-state index in [1.54, 1.807) is 0 Å². The van der Waals surface area contributed by atoms with Crippen LogP contribution in [0.15, 0.2) is 103 Å². The second-order valence-corrected chi connectivity index (χ2v) is 17.2. The molecule has 0 spiro atoms. The van der Waals surface area contributed by atoms with Gasteiger partial charge in [0.25, 0.3) is 8.32 Å². The molecule has 0 aliphatic rings. The van der Waals surface area contributed by atoms with Crippen LogP contribution in [0.4, 0.5) is 0 Å². The predicted octanol–water partition coefficient (Wildman–Crippen LogP) is 5.96. The van der Waals surface area contributed by atoms with Gasteiger partial charge in [-0.15, -0.1) is 0 Å². The highest BCUT2D eigenvalue weighted by Crippen LogP contribution is 2.30. The van der Waals surface area contributed by atoms with E-state index >= 15 is 0 Å². The van der Waals surface area contributed by atoms with Gasteiger partial charge in [-0.25, -0.2) is 0 Å². The molecule has 0 aliphatic heterocycles. The van der Waals surface area contributed by atoms with Crippen molar-refractivity contribution in [2.75, 3.05) is 0 Å². The van der Waals surface area contributed by atoms with Crippen molar-refractivity contribution in [3.8, 4) is 0 Å². The molecule has 3 heteroatoms. The Morgan fingerprint density at radius 3 is 1.66 bits per heavy atom. The van der Waals surface area contributed by atoms with Crippen LogP contribution in [0, 0.1) is 0 Å². The Morgan fingerprint density at radius 1 is 0.690 bits per heavy atom. The molecule has 29 heavy (non-hydrogen) atoms. The van der Waals surface area contributed by atoms with Crippen LogP contribution in [0.1, 0.15) is 18.0 Å². The van der Waals surface area contributed by atoms with Crippen molar-refractivity contribution < 1.29 is 4.43 Å². The lowest BCUT2D eigenvalue weighted by Gasteiger charge is -2.33. The van der Waals surface area contributed by atoms with E-state index < -0.39 is 16.4 Å². The summed E-state index contributed by atoms with van der Waals surface area (Å²) in [5.41, 5.74) is 1.72. The molecule has 1 nitrogen and oxygen atoms in total. The second-order valence-electron chi connectivity index (χ2n) is 8.73. The van der Waals surface area contributed by atoms with E-state index in [2.05, 4.69) is 130 Å². The molecule has 0 bridgehead atoms. The Morgan fingerprint density at radius 2 is 1.14 bits per heavy atom. The highest BCUT2D eigenvalue weighted by atomic mass is 28.4. The lowest BCUT2D eigenvalue weighted by atomic mass is 10.1. The number of benzene rings is 3. The highest BCUT2D eigenvalue weighted by molar-refractivity contribution is 6.91. The van der Waals surface area contributed by atoms with Gasteiger partial charge < -0.3 is 4.43 Å². The zero-order valence-corrected chi connectivity index (χ0v) is 20.2. The van der Waals surface area contributed by atoms with Gasteiger partial charge in [0.15, 0.2) is 0 Å². The van der Waals surface area contributed by atoms with Gasteiger partial charge in [-0.2, -0.15) is 0 Å². The maximum absolute atomic E-state index is 6.63. The lowest BCUT2D eigenvalue weighted by Crippen LogP contribution is -2.47. The normalized spacial score (nSPS) is 13.8. The van der Waals surface area contributed by atoms with Gasteiger partial charge in [0.05, 0.1) is 13.8 Å². The minimum absolute atomic E-state index is 0.353. The zero-order chi connectivity index (χ0) is 20.9. The molecule has 0 amide bonds. The van der Waals surface area contributed by atoms with Crippen molar-refractivity contribution >= 4 is 26.8 Å². The van der Waals surface area contributed by atoms with Gasteiger partial charge in [0.2, 0.25) is 0 Å². The predicted molar refractivity (Wildman–Crippen MR) is 131 cm³/mol. The summed E-state index contributed by atoms with van der Waals surface area (Å²) >= 11 is 0. The molecule has 3 aromatic rings. The standard InChI is InChI=1S/C26H32OSi2/c1-22(27-29(4,5)25-19-13-8-14-20-25)21-26(23-15-9-6-10-16-23)28(2,3)24-17-11-7-12-18-24/h6-21,26H,1-5H3/b22-21-. The van der Waals surface area contributed by atoms with Gasteiger partial charge in [0.1, 0.15) is 0 Å². The number of hydrogen-bond donors (Lipinski definition) is 0. The van der Waals surface area contributed by atoms with Gasteiger partial charge in [-0.1, -0.05) is 109 Å². The summed E-state index contributed by atoms with van der Waals surface area (Å²) < 4.78 is 6.63. The summed E-state index contributed by atoms with van der Waals surface area (Å²) in [5, 5.41) is 2.79. The molecule has 1 atom stereocenters. The fourth-order valence-corrected chi connectivity index (χ4v) is 9.07. The molecule has 0 aromatic heterocycles. The van der Waals surface area contributed by atoms with Crippen molar-refractivity contribution in [3.63, 3.8) is 0 Å². The molecule has 0 N–H and O–H groups in total. The summed E-state index contributed by atoms with van der Waals surface area (Å²) in [7, 11) is -3.81. The summed E-state index contributed by atoms with van der Waals surface area (Å²) in [4.78, 5) is 0. The molecule has 1 unspecified atom stereocenters. The van der Waals surface area contributed by atoms with Crippen molar-refractivity contribution in [3.05, 3.63) is 108 Å². The smallest absolute Gasteiger partial charge is 0.276 e. The van der Waals surface area contributed by atoms with Gasteiger partial charge in [-0.05, 0) is 36.8 Å². The highest BCUT2D eigenvalue weighted by Gasteiger charge is 2.34. The van der Waals surface area contributed by atoms with Crippen LogP contribution in [-0.4, -0.2) is 16.4 Å². The molecule has 3 aromatic carbocycles. The Hall–Kier alpha value is -2.37. The van der Waals surface area contributed by atoms with Gasteiger partial charge >= 0.3 is 0 Å². The summed E-state index contributed by atoms with van der Waals surface area (Å²) in [6.45, 7) is 11.6. The van der Waals surface area contributed by atoms with E-state index in [-0.39, 0.29) is 0 Å². The van der Waals surface area contributed by atoms with Crippen molar-refractivity contribution in [2.45, 2.75) is 38.7 Å². The van der Waals surface area contributed by atoms with Crippen molar-refractivity contribution in [1.29, 1.82) is 0 Å². The van der Waals surface area contributed by atoms with E-state index in [1.165, 1.54) is 15.9 Å². The van der Waals surface area contributed by atoms with Crippen LogP contribution in [-0.2, 0) is 4.43 Å². The van der Waals surface area contributed by atoms with Crippen LogP contribution in [0.25, 0.3) is 0 Å². The zero-order valence-electron chi connectivity index (χ0n) is 18.2. The van der Waals surface area contributed by atoms with Gasteiger partial charge in [0, 0.05) is 5.54 Å². The SMILES string of the molecule is C/C(=C/C(c1ccccc1)[Si](C)(C)c1ccccc1)O[Si](C)(C)c1ccccc1. The maximum Gasteiger partial charge on any atom is 0.276 e. The first kappa shape index (κ1) is 21.3. The molecular formula is C26H32OSi2. The first-order valence-corrected chi connectivity index (χ1v) is 16.3. The first-order chi connectivity index (χ1) is 13.8. The van der Waals surface area contributed by atoms with E-state index in [9.17, 15) is 0 Å². The monoisotopic (exact) mass is 416 g/mol. The number of hydrogen-bond acceptors (Lipinski definition) is 1. The third-order valence-electron chi connectivity index (χ3n) is 5.74. The van der Waals surface area contributed by atoms with E-state index in [0.717, 1.165) is 5.76 Å². The number of allylic oxidation sites excluding steroid dienone is 2. The lowest BCUT2D eigenvalue weighted by molar-refractivity contribution is 0.427. The van der Waals surface area contributed by atoms with Crippen molar-refractivity contribution in [2.24, 2.45) is 0 Å². The fourth-order valence-electron chi connectivity index (χ4n) is 4.00. The quantitative estimate of drug-likeness (QED) is 0.341. The Labute approximate surface area is 178 Å². The van der Waals surface area contributed by atoms with Crippen LogP contribution in [0.3, 0.4) is 0 Å². The van der Waals surface area contributed by atoms with E-state index in [0.29, 0.717) is 5.54 Å². The molecule has 3 rings (SSSR count). The fraction of sp³-hybridized carbons (Fsp3) is 0.231. The minimum atomic E-state index is -2.00. The Kier molecular flexibility index (Phi) is 6.61. The average molecular weight is 417 g/mol. The molecule has 0 saturated carbocycles. The molecule has 0 saturated heterocycles. The third-order valence-corrected chi connectivity index (χ3v) is 12.2. The maximum atomic E-state index is 6.63. The largest absolute Gasteiger partial charge is 0.543 e. The van der Waals surface area contributed by atoms with Gasteiger partial charge in [-0.3, -0.25) is 0 Å². The molecule has 0 fully saturated rings. The number of rotatable bonds is 7. The summed E-state index contributed by atoms with van der Waals surface area (Å²) in [6, 6.07) is 32.5. The first-order valence-electron chi connectivity index (χ1n) is 10.3. The van der Waals surface area contributed by atoms with E-state index in [1.807, 2.05) is 0 Å². The molecule has 150 valence electrons. The van der Waals surface area contributed by atoms with Crippen molar-refractivity contribution in [1.82, 2.24) is 0 Å². The van der Waals surface area contributed by atoms with Crippen LogP contribution < -0.4 is 10.4 Å². The third kappa shape index (κ3) is 5.17. The molecule has 0 radical (unpaired) electrons. The average Bonchev–Trinajstić information content (AvgIpc) is 2.73. The summed E-state index contributed by atoms with van der Waals surface area (Å²) in [6.07, 6.45) is 2.38. The summed E-state index contributed by atoms with van der Waals surface area (Å²) in [5.74, 6) is 1.04. The Bertz CT molecular complexity index is 932. The van der Waals surface area contributed by atoms with Crippen LogP contribution >= 0.6 is 0 Å². The second kappa shape index (κ2) is 8.97. The topological polar surface area (TPSA) is 9.23 Å². The molecule has 0 heterocycles.